The largest absolute Gasteiger partial charge is 0.493 e. The first kappa shape index (κ1) is 50.0. The first-order valence-electron chi connectivity index (χ1n) is 23.1. The van der Waals surface area contributed by atoms with E-state index in [1.807, 2.05) is 41.1 Å². The molecule has 0 saturated carbocycles. The molecule has 2 aromatic carbocycles. The van der Waals surface area contributed by atoms with Crippen molar-refractivity contribution in [2.75, 3.05) is 64.5 Å². The van der Waals surface area contributed by atoms with Gasteiger partial charge in [0.15, 0.2) is 35.5 Å². The summed E-state index contributed by atoms with van der Waals surface area (Å²) in [6, 6.07) is 14.8. The Labute approximate surface area is 425 Å². The second-order valence-electron chi connectivity index (χ2n) is 17.0. The van der Waals surface area contributed by atoms with Crippen molar-refractivity contribution in [3.05, 3.63) is 147 Å². The number of nitrogens with zero attached hydrogens (tertiary/aromatic N) is 5. The van der Waals surface area contributed by atoms with Crippen LogP contribution in [0.5, 0.6) is 23.0 Å². The first-order chi connectivity index (χ1) is 35.1. The number of methoxy groups -OCH3 is 4. The number of anilines is 2. The minimum absolute atomic E-state index is 0.0296. The number of thiophene rings is 2. The van der Waals surface area contributed by atoms with Gasteiger partial charge in [-0.3, -0.25) is 19.5 Å². The molecule has 9 rings (SSSR count). The highest BCUT2D eigenvalue weighted by Gasteiger charge is 2.47. The maximum Gasteiger partial charge on any atom is 0.416 e. The predicted molar refractivity (Wildman–Crippen MR) is 273 cm³/mol. The Balaban J connectivity index is 0.976. The summed E-state index contributed by atoms with van der Waals surface area (Å²) in [6.07, 6.45) is 3.94. The minimum Gasteiger partial charge on any atom is -0.493 e. The van der Waals surface area contributed by atoms with E-state index in [4.69, 9.17) is 42.9 Å². The average Bonchev–Trinajstić information content (AvgIpc) is 4.14. The van der Waals surface area contributed by atoms with Gasteiger partial charge >= 0.3 is 6.09 Å². The summed E-state index contributed by atoms with van der Waals surface area (Å²) in [5.41, 5.74) is 6.29. The Morgan fingerprint density at radius 1 is 0.736 bits per heavy atom. The van der Waals surface area contributed by atoms with Crippen molar-refractivity contribution in [1.29, 1.82) is 0 Å². The van der Waals surface area contributed by atoms with Gasteiger partial charge in [-0.15, -0.1) is 6.58 Å². The number of pyridine rings is 1. The number of fused-ring (bicyclic) bond motifs is 4. The molecule has 5 aromatic rings. The Bertz CT molecular complexity index is 2870. The number of rotatable bonds is 18. The molecule has 0 aliphatic carbocycles. The van der Waals surface area contributed by atoms with Crippen LogP contribution < -0.4 is 28.7 Å². The molecule has 19 heteroatoms. The van der Waals surface area contributed by atoms with Crippen molar-refractivity contribution in [2.24, 2.45) is 0 Å². The first-order valence-corrected chi connectivity index (χ1v) is 25.0. The molecule has 0 radical (unpaired) electrons. The normalized spacial score (nSPS) is 19.8. The summed E-state index contributed by atoms with van der Waals surface area (Å²) in [6.45, 7) is 7.94. The lowest BCUT2D eigenvalue weighted by Gasteiger charge is -2.42. The Morgan fingerprint density at radius 2 is 1.26 bits per heavy atom. The van der Waals surface area contributed by atoms with Crippen molar-refractivity contribution in [3.63, 3.8) is 0 Å². The third-order valence-electron chi connectivity index (χ3n) is 13.0. The fourth-order valence-electron chi connectivity index (χ4n) is 9.62. The molecule has 17 nitrogen and oxygen atoms in total. The topological polar surface area (TPSA) is 171 Å². The number of carbonyl (C=O) groups excluding carboxylic acids is 3. The van der Waals surface area contributed by atoms with Crippen LogP contribution in [0, 0.1) is 0 Å². The number of amides is 3. The Hall–Kier alpha value is -7.00. The predicted octanol–water partition coefficient (Wildman–Crippen LogP) is 8.36. The second-order valence-corrected chi connectivity index (χ2v) is 18.6. The van der Waals surface area contributed by atoms with Crippen molar-refractivity contribution in [1.82, 2.24) is 14.8 Å². The lowest BCUT2D eigenvalue weighted by Crippen LogP contribution is -2.57. The van der Waals surface area contributed by atoms with Crippen LogP contribution in [-0.4, -0.2) is 123 Å². The average molecular weight is 1020 g/mol. The zero-order valence-corrected chi connectivity index (χ0v) is 41.9. The van der Waals surface area contributed by atoms with Gasteiger partial charge < -0.3 is 52.8 Å². The molecule has 7 heterocycles. The summed E-state index contributed by atoms with van der Waals surface area (Å²) in [4.78, 5) is 54.2. The molecule has 4 aliphatic rings. The van der Waals surface area contributed by atoms with Gasteiger partial charge in [0, 0.05) is 39.4 Å². The number of aliphatic hydroxyl groups excluding tert-OH is 1. The van der Waals surface area contributed by atoms with Gasteiger partial charge in [-0.05, 0) is 93.0 Å². The number of benzene rings is 2. The molecule has 72 heavy (non-hydrogen) atoms. The summed E-state index contributed by atoms with van der Waals surface area (Å²) in [5.74, 6) is 0.456. The molecule has 4 aliphatic heterocycles. The highest BCUT2D eigenvalue weighted by Crippen LogP contribution is 2.45. The maximum atomic E-state index is 14.5. The van der Waals surface area contributed by atoms with Crippen molar-refractivity contribution in [2.45, 2.75) is 57.0 Å². The quantitative estimate of drug-likeness (QED) is 0.0656. The highest BCUT2D eigenvalue weighted by molar-refractivity contribution is 7.08. The van der Waals surface area contributed by atoms with E-state index < -0.39 is 37.0 Å². The fraction of sp³-hybridized carbons (Fsp3) is 0.321. The smallest absolute Gasteiger partial charge is 0.416 e. The lowest BCUT2D eigenvalue weighted by molar-refractivity contribution is -0.119. The highest BCUT2D eigenvalue weighted by atomic mass is 32.1. The third-order valence-corrected chi connectivity index (χ3v) is 14.4. The number of ether oxygens (including phenoxy) is 8. The van der Waals surface area contributed by atoms with Crippen LogP contribution in [-0.2, 0) is 32.2 Å². The third kappa shape index (κ3) is 9.82. The van der Waals surface area contributed by atoms with Crippen LogP contribution in [0.15, 0.2) is 114 Å². The van der Waals surface area contributed by atoms with Crippen molar-refractivity contribution < 1.29 is 57.4 Å². The molecule has 1 N–H and O–H groups in total. The summed E-state index contributed by atoms with van der Waals surface area (Å²) >= 11 is 3.17. The van der Waals surface area contributed by atoms with Crippen LogP contribution in [0.4, 0.5) is 16.2 Å². The van der Waals surface area contributed by atoms with E-state index in [2.05, 4.69) is 23.9 Å². The fourth-order valence-corrected chi connectivity index (χ4v) is 11.0. The SMILES string of the molecule is C=CCOC(=O)N1c2cc(OCc3cccc(COc4cc5c(cc4OC)C(=O)N4CC=C(c6ccsc6)C[C@H]4C(OC)N5C(O)OCC=C)n3)c(OC)cc2C(=O)N2CC=C(c3ccsc3)C[C@H]2C1OC. The molecule has 3 aromatic heterocycles. The van der Waals surface area contributed by atoms with E-state index in [0.717, 1.165) is 22.3 Å². The van der Waals surface area contributed by atoms with E-state index in [-0.39, 0.29) is 78.1 Å². The van der Waals surface area contributed by atoms with Crippen molar-refractivity contribution in [3.8, 4) is 23.0 Å². The molecule has 3 unspecified atom stereocenters. The van der Waals surface area contributed by atoms with Gasteiger partial charge in [0.1, 0.15) is 19.8 Å². The molecule has 0 fully saturated rings. The summed E-state index contributed by atoms with van der Waals surface area (Å²) in [7, 11) is 6.00. The number of aliphatic hydroxyl groups is 1. The van der Waals surface area contributed by atoms with Gasteiger partial charge in [-0.25, -0.2) is 9.69 Å². The molecule has 376 valence electrons. The van der Waals surface area contributed by atoms with Crippen LogP contribution in [0.25, 0.3) is 11.1 Å². The molecule has 0 bridgehead atoms. The van der Waals surface area contributed by atoms with E-state index in [9.17, 15) is 19.5 Å². The van der Waals surface area contributed by atoms with Crippen molar-refractivity contribution >= 4 is 63.1 Å². The zero-order valence-electron chi connectivity index (χ0n) is 40.3. The monoisotopic (exact) mass is 1020 g/mol. The Morgan fingerprint density at radius 3 is 1.76 bits per heavy atom. The van der Waals surface area contributed by atoms with Crippen LogP contribution in [0.1, 0.15) is 56.1 Å². The van der Waals surface area contributed by atoms with Gasteiger partial charge in [-0.1, -0.05) is 36.9 Å². The lowest BCUT2D eigenvalue weighted by atomic mass is 9.94. The molecule has 0 saturated heterocycles. The minimum atomic E-state index is -1.53. The van der Waals surface area contributed by atoms with E-state index in [0.29, 0.717) is 43.0 Å². The Kier molecular flexibility index (Phi) is 15.4. The van der Waals surface area contributed by atoms with E-state index in [1.54, 1.807) is 73.8 Å². The van der Waals surface area contributed by atoms with Crippen LogP contribution in [0.2, 0.25) is 0 Å². The second kappa shape index (κ2) is 22.2. The van der Waals surface area contributed by atoms with Gasteiger partial charge in [0.25, 0.3) is 11.8 Å². The summed E-state index contributed by atoms with van der Waals surface area (Å²) < 4.78 is 48.0. The van der Waals surface area contributed by atoms with E-state index in [1.165, 1.54) is 45.5 Å². The molecule has 0 spiro atoms. The molecule has 3 amide bonds. The van der Waals surface area contributed by atoms with Crippen LogP contribution >= 0.6 is 22.7 Å². The van der Waals surface area contributed by atoms with Crippen LogP contribution in [0.3, 0.4) is 0 Å². The van der Waals surface area contributed by atoms with E-state index >= 15 is 0 Å². The van der Waals surface area contributed by atoms with Gasteiger partial charge in [-0.2, -0.15) is 22.7 Å². The van der Waals surface area contributed by atoms with Gasteiger partial charge in [0.2, 0.25) is 6.41 Å². The number of aromatic nitrogens is 1. The molecule has 5 atom stereocenters. The number of hydrogen-bond donors (Lipinski definition) is 1. The number of carbonyl (C=O) groups is 3. The number of hydrogen-bond acceptors (Lipinski definition) is 16. The standard InChI is InChI=1S/C53H55N5O12S2/c1-7-18-67-52(61)57-40-26-46(44(63-3)24-38(40)48(59)55-16-12-32(34-14-20-71-30-34)22-42(55)50(57)65-5)69-28-36-10-9-11-37(54-36)29-70-47-27-41-39(25-45(47)64-4)49(60)56-17-13-33(35-15-21-72-31-35)23-43(56)51(66-6)58(41)53(62)68-19-8-2/h7-15,20-21,24-27,30-31,42-43,50-52,61H,1-2,16-19,22-23,28-29H2,3-6H3/t42-,43-,50?,51?,52?/m0/s1. The zero-order chi connectivity index (χ0) is 50.5. The maximum absolute atomic E-state index is 14.5. The summed E-state index contributed by atoms with van der Waals surface area (Å²) in [5, 5.41) is 19.8. The van der Waals surface area contributed by atoms with Gasteiger partial charge in [0.05, 0.1) is 66.8 Å². The molecular formula is C53H55N5O12S2. The molecular weight excluding hydrogens is 963 g/mol.